The fourth-order valence-electron chi connectivity index (χ4n) is 7.14. The topological polar surface area (TPSA) is 30.7 Å². The summed E-state index contributed by atoms with van der Waals surface area (Å²) < 4.78 is 1.94. The fraction of sp³-hybridized carbons (Fsp3) is 0. The van der Waals surface area contributed by atoms with Gasteiger partial charge in [0.05, 0.1) is 5.69 Å². The van der Waals surface area contributed by atoms with Crippen LogP contribution in [0.25, 0.3) is 83.1 Å². The summed E-state index contributed by atoms with van der Waals surface area (Å²) in [6, 6.07) is 66.6. The molecule has 0 saturated carbocycles. The van der Waals surface area contributed by atoms with E-state index in [-0.39, 0.29) is 0 Å². The number of aromatic nitrogens is 3. The van der Waals surface area contributed by atoms with E-state index in [4.69, 9.17) is 5.10 Å². The summed E-state index contributed by atoms with van der Waals surface area (Å²) in [5, 5.41) is 14.4. The molecular weight excluding hydrogens is 595 g/mol. The second-order valence-corrected chi connectivity index (χ2v) is 12.3. The summed E-state index contributed by atoms with van der Waals surface area (Å²) in [6.45, 7) is 0. The molecule has 0 radical (unpaired) electrons. The molecule has 0 saturated heterocycles. The lowest BCUT2D eigenvalue weighted by atomic mass is 9.85. The van der Waals surface area contributed by atoms with Crippen LogP contribution in [0.3, 0.4) is 0 Å². The maximum atomic E-state index is 4.80. The molecule has 1 aromatic heterocycles. The number of rotatable bonds is 6. The molecule has 0 bridgehead atoms. The van der Waals surface area contributed by atoms with Crippen molar-refractivity contribution in [1.82, 2.24) is 15.0 Å². The Morgan fingerprint density at radius 1 is 0.327 bits per heavy atom. The zero-order valence-electron chi connectivity index (χ0n) is 26.7. The molecule has 0 N–H and O–H groups in total. The third kappa shape index (κ3) is 5.09. The zero-order chi connectivity index (χ0) is 32.6. The number of nitrogens with zero attached hydrogens (tertiary/aromatic N) is 3. The van der Waals surface area contributed by atoms with E-state index >= 15 is 0 Å². The number of hydrogen-bond acceptors (Lipinski definition) is 2. The first-order valence-electron chi connectivity index (χ1n) is 16.6. The summed E-state index contributed by atoms with van der Waals surface area (Å²) in [4.78, 5) is 0. The Morgan fingerprint density at radius 3 is 1.29 bits per heavy atom. The van der Waals surface area contributed by atoms with Crippen LogP contribution in [0.15, 0.2) is 188 Å². The molecule has 49 heavy (non-hydrogen) atoms. The molecule has 0 aliphatic heterocycles. The van der Waals surface area contributed by atoms with Crippen LogP contribution in [0.2, 0.25) is 0 Å². The molecule has 9 aromatic rings. The van der Waals surface area contributed by atoms with Crippen molar-refractivity contribution in [3.8, 4) is 61.6 Å². The molecule has 3 heteroatoms. The summed E-state index contributed by atoms with van der Waals surface area (Å²) in [6.07, 6.45) is 0. The Labute approximate surface area is 285 Å². The molecule has 3 nitrogen and oxygen atoms in total. The second-order valence-electron chi connectivity index (χ2n) is 12.3. The van der Waals surface area contributed by atoms with Crippen molar-refractivity contribution in [1.29, 1.82) is 0 Å². The molecule has 230 valence electrons. The standard InChI is InChI=1S/C46H31N3/c1-4-16-32(17-5-1)34-20-14-21-35(30-34)43-39-26-10-12-28-41(39)44(42-29-13-11-27-40(42)43)36-22-15-23-37(31-36)45-46(33-18-6-2-7-19-33)49(48-47-45)38-24-8-3-9-25-38/h1-31H. The van der Waals surface area contributed by atoms with E-state index in [1.54, 1.807) is 0 Å². The largest absolute Gasteiger partial charge is 0.212 e. The minimum atomic E-state index is 0.847. The van der Waals surface area contributed by atoms with Gasteiger partial charge >= 0.3 is 0 Å². The predicted octanol–water partition coefficient (Wildman–Crippen LogP) is 11.9. The summed E-state index contributed by atoms with van der Waals surface area (Å²) >= 11 is 0. The van der Waals surface area contributed by atoms with Crippen molar-refractivity contribution in [2.75, 3.05) is 0 Å². The van der Waals surface area contributed by atoms with Gasteiger partial charge < -0.3 is 0 Å². The van der Waals surface area contributed by atoms with Gasteiger partial charge in [-0.25, -0.2) is 4.68 Å². The maximum Gasteiger partial charge on any atom is 0.121 e. The van der Waals surface area contributed by atoms with Gasteiger partial charge in [-0.05, 0) is 79.2 Å². The van der Waals surface area contributed by atoms with E-state index in [2.05, 4.69) is 169 Å². The van der Waals surface area contributed by atoms with Gasteiger partial charge in [-0.3, -0.25) is 0 Å². The Hall–Kier alpha value is -6.58. The van der Waals surface area contributed by atoms with Gasteiger partial charge in [-0.15, -0.1) is 5.10 Å². The first-order chi connectivity index (χ1) is 24.3. The lowest BCUT2D eigenvalue weighted by Gasteiger charge is -2.18. The highest BCUT2D eigenvalue weighted by molar-refractivity contribution is 6.21. The predicted molar refractivity (Wildman–Crippen MR) is 204 cm³/mol. The Kier molecular flexibility index (Phi) is 7.14. The second kappa shape index (κ2) is 12.2. The number of fused-ring (bicyclic) bond motifs is 2. The van der Waals surface area contributed by atoms with Crippen molar-refractivity contribution in [3.63, 3.8) is 0 Å². The molecule has 1 heterocycles. The van der Waals surface area contributed by atoms with Crippen LogP contribution in [0.5, 0.6) is 0 Å². The molecule has 0 atom stereocenters. The van der Waals surface area contributed by atoms with Crippen LogP contribution in [0.4, 0.5) is 0 Å². The zero-order valence-corrected chi connectivity index (χ0v) is 26.7. The highest BCUT2D eigenvalue weighted by Crippen LogP contribution is 2.45. The minimum absolute atomic E-state index is 0.847. The van der Waals surface area contributed by atoms with Gasteiger partial charge in [0.25, 0.3) is 0 Å². The van der Waals surface area contributed by atoms with Crippen molar-refractivity contribution in [2.24, 2.45) is 0 Å². The SMILES string of the molecule is c1ccc(-c2cccc(-c3c4ccccc4c(-c4cccc(-c5nnn(-c6ccccc6)c5-c5ccccc5)c4)c4ccccc34)c2)cc1. The van der Waals surface area contributed by atoms with E-state index in [9.17, 15) is 0 Å². The summed E-state index contributed by atoms with van der Waals surface area (Å²) in [7, 11) is 0. The smallest absolute Gasteiger partial charge is 0.121 e. The Bertz CT molecular complexity index is 2530. The highest BCUT2D eigenvalue weighted by atomic mass is 15.4. The first-order valence-corrected chi connectivity index (χ1v) is 16.6. The molecule has 0 aliphatic carbocycles. The van der Waals surface area contributed by atoms with Crippen LogP contribution in [-0.4, -0.2) is 15.0 Å². The Balaban J connectivity index is 1.26. The quantitative estimate of drug-likeness (QED) is 0.172. The third-order valence-corrected chi connectivity index (χ3v) is 9.33. The average Bonchev–Trinajstić information content (AvgIpc) is 3.64. The van der Waals surface area contributed by atoms with Crippen molar-refractivity contribution < 1.29 is 0 Å². The first kappa shape index (κ1) is 28.6. The van der Waals surface area contributed by atoms with Gasteiger partial charge in [0, 0.05) is 11.1 Å². The van der Waals surface area contributed by atoms with Crippen LogP contribution in [0.1, 0.15) is 0 Å². The minimum Gasteiger partial charge on any atom is -0.212 e. The molecule has 9 rings (SSSR count). The van der Waals surface area contributed by atoms with Gasteiger partial charge in [0.1, 0.15) is 11.4 Å². The van der Waals surface area contributed by atoms with Gasteiger partial charge in [-0.1, -0.05) is 169 Å². The van der Waals surface area contributed by atoms with E-state index in [0.717, 1.165) is 33.8 Å². The van der Waals surface area contributed by atoms with Crippen molar-refractivity contribution in [2.45, 2.75) is 0 Å². The molecule has 0 aliphatic rings. The van der Waals surface area contributed by atoms with Gasteiger partial charge in [0.2, 0.25) is 0 Å². The number of benzene rings is 8. The van der Waals surface area contributed by atoms with Crippen molar-refractivity contribution >= 4 is 21.5 Å². The molecular formula is C46H31N3. The van der Waals surface area contributed by atoms with Gasteiger partial charge in [0.15, 0.2) is 0 Å². The van der Waals surface area contributed by atoms with Crippen LogP contribution in [0, 0.1) is 0 Å². The molecule has 0 unspecified atom stereocenters. The monoisotopic (exact) mass is 625 g/mol. The summed E-state index contributed by atoms with van der Waals surface area (Å²) in [5.41, 5.74) is 12.1. The normalized spacial score (nSPS) is 11.3. The van der Waals surface area contributed by atoms with E-state index in [1.807, 2.05) is 28.9 Å². The van der Waals surface area contributed by atoms with E-state index in [0.29, 0.717) is 0 Å². The third-order valence-electron chi connectivity index (χ3n) is 9.33. The molecule has 8 aromatic carbocycles. The summed E-state index contributed by atoms with van der Waals surface area (Å²) in [5.74, 6) is 0. The van der Waals surface area contributed by atoms with Crippen LogP contribution < -0.4 is 0 Å². The van der Waals surface area contributed by atoms with Crippen LogP contribution in [-0.2, 0) is 0 Å². The van der Waals surface area contributed by atoms with Crippen LogP contribution >= 0.6 is 0 Å². The lowest BCUT2D eigenvalue weighted by molar-refractivity contribution is 0.808. The number of para-hydroxylation sites is 1. The van der Waals surface area contributed by atoms with Crippen molar-refractivity contribution in [3.05, 3.63) is 188 Å². The lowest BCUT2D eigenvalue weighted by Crippen LogP contribution is -1.99. The molecule has 0 fully saturated rings. The molecule has 0 spiro atoms. The van der Waals surface area contributed by atoms with E-state index < -0.39 is 0 Å². The van der Waals surface area contributed by atoms with Gasteiger partial charge in [-0.2, -0.15) is 0 Å². The average molecular weight is 626 g/mol. The maximum absolute atomic E-state index is 4.80. The van der Waals surface area contributed by atoms with E-state index in [1.165, 1.54) is 49.4 Å². The number of hydrogen-bond donors (Lipinski definition) is 0. The molecule has 0 amide bonds. The fourth-order valence-corrected chi connectivity index (χ4v) is 7.14. The Morgan fingerprint density at radius 2 is 0.735 bits per heavy atom. The highest BCUT2D eigenvalue weighted by Gasteiger charge is 2.21.